The number of para-hydroxylation sites is 1. The maximum atomic E-state index is 13.4. The summed E-state index contributed by atoms with van der Waals surface area (Å²) in [6.45, 7) is 2.91. The van der Waals surface area contributed by atoms with E-state index in [-0.39, 0.29) is 28.7 Å². The number of carbonyl (C=O) groups excluding carboxylic acids is 2. The highest BCUT2D eigenvalue weighted by Gasteiger charge is 2.45. The molecule has 2 aliphatic rings. The molecule has 10 heteroatoms. The first-order chi connectivity index (χ1) is 18.3. The van der Waals surface area contributed by atoms with Gasteiger partial charge in [-0.2, -0.15) is 0 Å². The van der Waals surface area contributed by atoms with Crippen LogP contribution in [0.25, 0.3) is 10.9 Å². The molecule has 2 aromatic carbocycles. The molecule has 0 aliphatic carbocycles. The van der Waals surface area contributed by atoms with Crippen molar-refractivity contribution in [1.29, 1.82) is 0 Å². The highest BCUT2D eigenvalue weighted by atomic mass is 32.1. The standard InChI is InChI=1S/C28H33N5O4S/c1-37-23-8-4-3-7-20(23)18-33-25(35)21-10-9-19(17-22(21)30-27(33)38)24(34)31-15-11-28(12-16-31,26(29)36)32-13-5-2-6-14-32/h3-4,7-10,17H,2,5-6,11-16,18H2,1H3,(H2,29,36)(H,30,38). The van der Waals surface area contributed by atoms with E-state index in [0.29, 0.717) is 48.1 Å². The lowest BCUT2D eigenvalue weighted by Gasteiger charge is -2.48. The van der Waals surface area contributed by atoms with Crippen molar-refractivity contribution in [1.82, 2.24) is 19.4 Å². The normalized spacial score (nSPS) is 17.9. The molecule has 3 heterocycles. The lowest BCUT2D eigenvalue weighted by atomic mass is 9.83. The number of aromatic amines is 1. The van der Waals surface area contributed by atoms with Crippen LogP contribution < -0.4 is 16.0 Å². The third kappa shape index (κ3) is 4.74. The number of piperidine rings is 2. The molecule has 0 spiro atoms. The molecule has 2 saturated heterocycles. The molecule has 2 aliphatic heterocycles. The number of likely N-dealkylation sites (tertiary alicyclic amines) is 2. The van der Waals surface area contributed by atoms with E-state index in [9.17, 15) is 14.4 Å². The number of nitrogens with zero attached hydrogens (tertiary/aromatic N) is 3. The van der Waals surface area contributed by atoms with E-state index in [1.54, 1.807) is 30.2 Å². The quantitative estimate of drug-likeness (QED) is 0.469. The molecule has 2 fully saturated rings. The number of hydrogen-bond acceptors (Lipinski definition) is 6. The van der Waals surface area contributed by atoms with Crippen LogP contribution in [0.4, 0.5) is 0 Å². The van der Waals surface area contributed by atoms with Gasteiger partial charge in [-0.05, 0) is 75.3 Å². The largest absolute Gasteiger partial charge is 0.496 e. The van der Waals surface area contributed by atoms with E-state index in [1.165, 1.54) is 11.0 Å². The minimum Gasteiger partial charge on any atom is -0.496 e. The van der Waals surface area contributed by atoms with Crippen molar-refractivity contribution in [2.24, 2.45) is 5.73 Å². The lowest BCUT2D eigenvalue weighted by Crippen LogP contribution is -2.63. The Kier molecular flexibility index (Phi) is 7.36. The van der Waals surface area contributed by atoms with Crippen LogP contribution in [0, 0.1) is 4.77 Å². The number of methoxy groups -OCH3 is 1. The van der Waals surface area contributed by atoms with E-state index >= 15 is 0 Å². The van der Waals surface area contributed by atoms with Crippen LogP contribution >= 0.6 is 12.2 Å². The summed E-state index contributed by atoms with van der Waals surface area (Å²) in [4.78, 5) is 46.4. The second kappa shape index (κ2) is 10.7. The summed E-state index contributed by atoms with van der Waals surface area (Å²) in [5.74, 6) is 0.243. The molecule has 1 aromatic heterocycles. The number of aromatic nitrogens is 2. The fraction of sp³-hybridized carbons (Fsp3) is 0.429. The average molecular weight is 536 g/mol. The van der Waals surface area contributed by atoms with Gasteiger partial charge in [0.05, 0.1) is 24.6 Å². The number of nitrogens with two attached hydrogens (primary N) is 1. The van der Waals surface area contributed by atoms with E-state index < -0.39 is 5.54 Å². The monoisotopic (exact) mass is 535 g/mol. The molecular formula is C28H33N5O4S. The number of ether oxygens (including phenoxy) is 1. The number of H-pyrrole nitrogens is 1. The minimum atomic E-state index is -0.682. The zero-order valence-corrected chi connectivity index (χ0v) is 22.4. The van der Waals surface area contributed by atoms with Crippen molar-refractivity contribution in [3.8, 4) is 5.75 Å². The molecule has 0 radical (unpaired) electrons. The molecule has 0 saturated carbocycles. The van der Waals surface area contributed by atoms with Crippen molar-refractivity contribution in [3.63, 3.8) is 0 Å². The summed E-state index contributed by atoms with van der Waals surface area (Å²) in [7, 11) is 1.59. The Labute approximate surface area is 226 Å². The van der Waals surface area contributed by atoms with Gasteiger partial charge in [0.25, 0.3) is 11.5 Å². The third-order valence-corrected chi connectivity index (χ3v) is 8.37. The van der Waals surface area contributed by atoms with Crippen molar-refractivity contribution >= 4 is 34.9 Å². The summed E-state index contributed by atoms with van der Waals surface area (Å²) in [5, 5.41) is 0.446. The van der Waals surface area contributed by atoms with Crippen LogP contribution in [-0.2, 0) is 11.3 Å². The predicted molar refractivity (Wildman–Crippen MR) is 148 cm³/mol. The molecule has 9 nitrogen and oxygen atoms in total. The molecule has 0 unspecified atom stereocenters. The number of fused-ring (bicyclic) bond motifs is 1. The van der Waals surface area contributed by atoms with Crippen LogP contribution in [0.3, 0.4) is 0 Å². The summed E-state index contributed by atoms with van der Waals surface area (Å²) >= 11 is 5.51. The number of benzene rings is 2. The molecule has 0 bridgehead atoms. The summed E-state index contributed by atoms with van der Waals surface area (Å²) in [5.41, 5.74) is 6.79. The Balaban J connectivity index is 1.37. The number of carbonyl (C=O) groups is 2. The van der Waals surface area contributed by atoms with Crippen molar-refractivity contribution in [3.05, 3.63) is 68.7 Å². The van der Waals surface area contributed by atoms with Gasteiger partial charge in [-0.3, -0.25) is 23.9 Å². The van der Waals surface area contributed by atoms with Gasteiger partial charge in [0, 0.05) is 24.2 Å². The Morgan fingerprint density at radius 1 is 1.05 bits per heavy atom. The van der Waals surface area contributed by atoms with Gasteiger partial charge in [0.15, 0.2) is 4.77 Å². The minimum absolute atomic E-state index is 0.138. The molecule has 5 rings (SSSR count). The van der Waals surface area contributed by atoms with E-state index in [2.05, 4.69) is 9.88 Å². The maximum Gasteiger partial charge on any atom is 0.262 e. The summed E-state index contributed by atoms with van der Waals surface area (Å²) in [6, 6.07) is 12.5. The van der Waals surface area contributed by atoms with Gasteiger partial charge in [0.1, 0.15) is 11.3 Å². The first-order valence-electron chi connectivity index (χ1n) is 13.1. The SMILES string of the molecule is COc1ccccc1Cn1c(=S)[nH]c2cc(C(=O)N3CCC(C(N)=O)(N4CCCCC4)CC3)ccc2c1=O. The Morgan fingerprint density at radius 2 is 1.76 bits per heavy atom. The van der Waals surface area contributed by atoms with Gasteiger partial charge in [-0.25, -0.2) is 0 Å². The van der Waals surface area contributed by atoms with Crippen LogP contribution in [-0.4, -0.2) is 70.0 Å². The summed E-state index contributed by atoms with van der Waals surface area (Å²) in [6.07, 6.45) is 4.36. The molecular weight excluding hydrogens is 502 g/mol. The van der Waals surface area contributed by atoms with Gasteiger partial charge in [0.2, 0.25) is 5.91 Å². The predicted octanol–water partition coefficient (Wildman–Crippen LogP) is 3.06. The second-order valence-electron chi connectivity index (χ2n) is 10.1. The molecule has 0 atom stereocenters. The number of hydrogen-bond donors (Lipinski definition) is 2. The van der Waals surface area contributed by atoms with E-state index in [4.69, 9.17) is 22.7 Å². The topological polar surface area (TPSA) is 114 Å². The number of nitrogens with one attached hydrogen (secondary N) is 1. The van der Waals surface area contributed by atoms with Gasteiger partial charge in [-0.1, -0.05) is 24.6 Å². The number of amides is 2. The van der Waals surface area contributed by atoms with Gasteiger partial charge in [-0.15, -0.1) is 0 Å². The fourth-order valence-electron chi connectivity index (χ4n) is 5.84. The Morgan fingerprint density at radius 3 is 2.45 bits per heavy atom. The van der Waals surface area contributed by atoms with Crippen LogP contribution in [0.15, 0.2) is 47.3 Å². The van der Waals surface area contributed by atoms with Crippen molar-refractivity contribution < 1.29 is 14.3 Å². The van der Waals surface area contributed by atoms with E-state index in [1.807, 2.05) is 24.3 Å². The molecule has 3 aromatic rings. The molecule has 200 valence electrons. The Hall–Kier alpha value is -3.50. The number of rotatable bonds is 6. The van der Waals surface area contributed by atoms with E-state index in [0.717, 1.165) is 31.5 Å². The van der Waals surface area contributed by atoms with Gasteiger partial charge >= 0.3 is 0 Å². The van der Waals surface area contributed by atoms with Gasteiger partial charge < -0.3 is 20.4 Å². The summed E-state index contributed by atoms with van der Waals surface area (Å²) < 4.78 is 7.17. The third-order valence-electron chi connectivity index (χ3n) is 8.05. The average Bonchev–Trinajstić information content (AvgIpc) is 2.95. The molecule has 2 amide bonds. The van der Waals surface area contributed by atoms with Crippen LogP contribution in [0.5, 0.6) is 5.75 Å². The second-order valence-corrected chi connectivity index (χ2v) is 10.5. The lowest BCUT2D eigenvalue weighted by molar-refractivity contribution is -0.134. The highest BCUT2D eigenvalue weighted by molar-refractivity contribution is 7.71. The highest BCUT2D eigenvalue weighted by Crippen LogP contribution is 2.32. The van der Waals surface area contributed by atoms with Crippen molar-refractivity contribution in [2.45, 2.75) is 44.2 Å². The van der Waals surface area contributed by atoms with Crippen molar-refractivity contribution in [2.75, 3.05) is 33.3 Å². The molecule has 3 N–H and O–H groups in total. The first-order valence-corrected chi connectivity index (χ1v) is 13.5. The first kappa shape index (κ1) is 26.1. The van der Waals surface area contributed by atoms with Crippen LogP contribution in [0.2, 0.25) is 0 Å². The van der Waals surface area contributed by atoms with Crippen LogP contribution in [0.1, 0.15) is 48.0 Å². The smallest absolute Gasteiger partial charge is 0.262 e. The zero-order chi connectivity index (χ0) is 26.9. The number of primary amides is 1. The Bertz CT molecular complexity index is 1480. The zero-order valence-electron chi connectivity index (χ0n) is 21.6. The fourth-order valence-corrected chi connectivity index (χ4v) is 6.10. The maximum absolute atomic E-state index is 13.4. The molecule has 38 heavy (non-hydrogen) atoms.